The Labute approximate surface area is 165 Å². The highest BCUT2D eigenvalue weighted by atomic mass is 32.2. The number of carbonyl (C=O) groups excluding carboxylic acids is 1. The van der Waals surface area contributed by atoms with Crippen LogP contribution in [0.2, 0.25) is 0 Å². The fraction of sp³-hybridized carbons (Fsp3) is 0.300. The summed E-state index contributed by atoms with van der Waals surface area (Å²) in [5.41, 5.74) is 4.08. The van der Waals surface area contributed by atoms with Crippen molar-refractivity contribution < 1.29 is 13.2 Å². The van der Waals surface area contributed by atoms with Crippen molar-refractivity contribution in [2.75, 3.05) is 30.0 Å². The molecule has 28 heavy (non-hydrogen) atoms. The van der Waals surface area contributed by atoms with Gasteiger partial charge in [0.05, 0.1) is 18.0 Å². The van der Waals surface area contributed by atoms with E-state index in [1.807, 2.05) is 49.3 Å². The van der Waals surface area contributed by atoms with Gasteiger partial charge in [-0.05, 0) is 35.4 Å². The van der Waals surface area contributed by atoms with Crippen LogP contribution >= 0.6 is 0 Å². The van der Waals surface area contributed by atoms with E-state index in [-0.39, 0.29) is 11.9 Å². The Morgan fingerprint density at radius 2 is 1.86 bits per heavy atom. The van der Waals surface area contributed by atoms with Crippen LogP contribution in [0.5, 0.6) is 0 Å². The molecule has 1 unspecified atom stereocenters. The van der Waals surface area contributed by atoms with E-state index in [4.69, 9.17) is 0 Å². The van der Waals surface area contributed by atoms with Crippen LogP contribution in [0.15, 0.2) is 53.6 Å². The number of nitrogens with one attached hydrogen (secondary N) is 1. The second-order valence-electron chi connectivity index (χ2n) is 7.07. The van der Waals surface area contributed by atoms with E-state index in [0.717, 1.165) is 28.8 Å². The van der Waals surface area contributed by atoms with E-state index in [1.165, 1.54) is 11.9 Å². The average Bonchev–Trinajstić information content (AvgIpc) is 3.06. The zero-order valence-electron chi connectivity index (χ0n) is 16.4. The Morgan fingerprint density at radius 1 is 1.18 bits per heavy atom. The van der Waals surface area contributed by atoms with Crippen LogP contribution in [0.4, 0.5) is 11.4 Å². The molecule has 1 N–H and O–H groups in total. The minimum Gasteiger partial charge on any atom is -0.378 e. The molecule has 1 aliphatic rings. The quantitative estimate of drug-likeness (QED) is 0.837. The highest BCUT2D eigenvalue weighted by Crippen LogP contribution is 2.34. The van der Waals surface area contributed by atoms with E-state index in [0.29, 0.717) is 12.1 Å². The first-order valence-corrected chi connectivity index (χ1v) is 10.8. The van der Waals surface area contributed by atoms with Gasteiger partial charge >= 0.3 is 0 Å². The van der Waals surface area contributed by atoms with Gasteiger partial charge in [0, 0.05) is 38.8 Å². The van der Waals surface area contributed by atoms with Gasteiger partial charge in [0.25, 0.3) is 0 Å². The predicted octanol–water partition coefficient (Wildman–Crippen LogP) is 2.82. The van der Waals surface area contributed by atoms with Crippen molar-refractivity contribution in [2.24, 2.45) is 5.10 Å². The van der Waals surface area contributed by atoms with E-state index < -0.39 is 10.0 Å². The number of benzene rings is 2. The summed E-state index contributed by atoms with van der Waals surface area (Å²) in [5, 5.41) is 6.02. The first-order chi connectivity index (χ1) is 13.1. The van der Waals surface area contributed by atoms with E-state index in [9.17, 15) is 13.2 Å². The largest absolute Gasteiger partial charge is 0.378 e. The number of hydrogen-bond acceptors (Lipinski definition) is 5. The van der Waals surface area contributed by atoms with Gasteiger partial charge < -0.3 is 4.90 Å². The molecule has 0 spiro atoms. The summed E-state index contributed by atoms with van der Waals surface area (Å²) < 4.78 is 25.4. The molecule has 0 aliphatic carbocycles. The molecule has 1 heterocycles. The number of anilines is 2. The number of nitrogens with zero attached hydrogens (tertiary/aromatic N) is 3. The summed E-state index contributed by atoms with van der Waals surface area (Å²) >= 11 is 0. The van der Waals surface area contributed by atoms with Gasteiger partial charge in [-0.3, -0.25) is 9.52 Å². The maximum atomic E-state index is 12.2. The lowest BCUT2D eigenvalue weighted by Crippen LogP contribution is -2.24. The van der Waals surface area contributed by atoms with E-state index >= 15 is 0 Å². The number of sulfonamides is 1. The molecule has 2 aromatic rings. The van der Waals surface area contributed by atoms with Crippen molar-refractivity contribution in [1.82, 2.24) is 5.01 Å². The van der Waals surface area contributed by atoms with Gasteiger partial charge in [0.1, 0.15) is 0 Å². The fourth-order valence-corrected chi connectivity index (χ4v) is 3.76. The predicted molar refractivity (Wildman–Crippen MR) is 112 cm³/mol. The van der Waals surface area contributed by atoms with Gasteiger partial charge in [-0.25, -0.2) is 13.4 Å². The third kappa shape index (κ3) is 4.51. The molecule has 1 atom stereocenters. The number of hydrogen-bond donors (Lipinski definition) is 1. The summed E-state index contributed by atoms with van der Waals surface area (Å²) in [6.07, 6.45) is 1.67. The van der Waals surface area contributed by atoms with Gasteiger partial charge in [0.15, 0.2) is 0 Å². The molecule has 3 rings (SSSR count). The third-order valence-corrected chi connectivity index (χ3v) is 5.13. The lowest BCUT2D eigenvalue weighted by Gasteiger charge is -2.21. The molecule has 1 amide bonds. The smallest absolute Gasteiger partial charge is 0.240 e. The van der Waals surface area contributed by atoms with Gasteiger partial charge in [-0.1, -0.05) is 24.3 Å². The van der Waals surface area contributed by atoms with Crippen LogP contribution in [-0.4, -0.2) is 45.4 Å². The number of hydrazone groups is 1. The standard InChI is InChI=1S/C20H24N4O3S/c1-14(25)24-20(15-8-10-18(11-9-15)23(2)3)13-19(21-24)16-6-5-7-17(12-16)22-28(4,26)27/h5-12,20,22H,13H2,1-4H3. The lowest BCUT2D eigenvalue weighted by molar-refractivity contribution is -0.130. The molecule has 0 saturated heterocycles. The third-order valence-electron chi connectivity index (χ3n) is 4.53. The minimum absolute atomic E-state index is 0.137. The topological polar surface area (TPSA) is 82.1 Å². The molecule has 2 aromatic carbocycles. The zero-order chi connectivity index (χ0) is 20.5. The summed E-state index contributed by atoms with van der Waals surface area (Å²) in [5.74, 6) is -0.137. The van der Waals surface area contributed by atoms with Crippen molar-refractivity contribution in [1.29, 1.82) is 0 Å². The number of carbonyl (C=O) groups is 1. The maximum absolute atomic E-state index is 12.2. The molecule has 0 saturated carbocycles. The molecule has 0 bridgehead atoms. The van der Waals surface area contributed by atoms with Crippen LogP contribution in [0.25, 0.3) is 0 Å². The van der Waals surface area contributed by atoms with Crippen LogP contribution in [0.3, 0.4) is 0 Å². The summed E-state index contributed by atoms with van der Waals surface area (Å²) in [7, 11) is 0.590. The highest BCUT2D eigenvalue weighted by Gasteiger charge is 2.31. The van der Waals surface area contributed by atoms with Crippen LogP contribution < -0.4 is 9.62 Å². The summed E-state index contributed by atoms with van der Waals surface area (Å²) in [4.78, 5) is 14.2. The van der Waals surface area contributed by atoms with Crippen LogP contribution in [0, 0.1) is 0 Å². The Bertz CT molecular complexity index is 1010. The van der Waals surface area contributed by atoms with Crippen molar-refractivity contribution in [3.8, 4) is 0 Å². The molecule has 0 fully saturated rings. The van der Waals surface area contributed by atoms with Crippen molar-refractivity contribution >= 4 is 33.0 Å². The van der Waals surface area contributed by atoms with Gasteiger partial charge in [0.2, 0.25) is 15.9 Å². The maximum Gasteiger partial charge on any atom is 0.240 e. The SMILES string of the molecule is CC(=O)N1N=C(c2cccc(NS(C)(=O)=O)c2)CC1c1ccc(N(C)C)cc1. The van der Waals surface area contributed by atoms with E-state index in [1.54, 1.807) is 18.2 Å². The molecule has 7 nitrogen and oxygen atoms in total. The normalized spacial score (nSPS) is 16.6. The molecular weight excluding hydrogens is 376 g/mol. The van der Waals surface area contributed by atoms with Crippen molar-refractivity contribution in [3.63, 3.8) is 0 Å². The van der Waals surface area contributed by atoms with Crippen molar-refractivity contribution in [3.05, 3.63) is 59.7 Å². The zero-order valence-corrected chi connectivity index (χ0v) is 17.2. The summed E-state index contributed by atoms with van der Waals surface area (Å²) in [6.45, 7) is 1.50. The summed E-state index contributed by atoms with van der Waals surface area (Å²) in [6, 6.07) is 14.9. The monoisotopic (exact) mass is 400 g/mol. The Balaban J connectivity index is 1.89. The average molecular weight is 401 g/mol. The minimum atomic E-state index is -3.36. The van der Waals surface area contributed by atoms with E-state index in [2.05, 4.69) is 9.82 Å². The Kier molecular flexibility index (Phi) is 5.42. The van der Waals surface area contributed by atoms with Crippen LogP contribution in [0.1, 0.15) is 30.5 Å². The highest BCUT2D eigenvalue weighted by molar-refractivity contribution is 7.92. The Morgan fingerprint density at radius 3 is 2.43 bits per heavy atom. The molecule has 0 aromatic heterocycles. The Hall–Kier alpha value is -2.87. The molecule has 8 heteroatoms. The molecule has 1 aliphatic heterocycles. The first-order valence-electron chi connectivity index (χ1n) is 8.87. The molecule has 148 valence electrons. The number of amides is 1. The van der Waals surface area contributed by atoms with Gasteiger partial charge in [-0.2, -0.15) is 5.10 Å². The molecule has 0 radical (unpaired) electrons. The fourth-order valence-electron chi connectivity index (χ4n) is 3.21. The van der Waals surface area contributed by atoms with Crippen LogP contribution in [-0.2, 0) is 14.8 Å². The second-order valence-corrected chi connectivity index (χ2v) is 8.82. The number of rotatable bonds is 5. The first kappa shape index (κ1) is 19.9. The van der Waals surface area contributed by atoms with Crippen molar-refractivity contribution in [2.45, 2.75) is 19.4 Å². The second kappa shape index (κ2) is 7.63. The van der Waals surface area contributed by atoms with Gasteiger partial charge in [-0.15, -0.1) is 0 Å². The lowest BCUT2D eigenvalue weighted by atomic mass is 9.98. The molecular formula is C20H24N4O3S.